The van der Waals surface area contributed by atoms with Crippen LogP contribution in [0.15, 0.2) is 64.9 Å². The van der Waals surface area contributed by atoms with E-state index in [0.29, 0.717) is 10.6 Å². The van der Waals surface area contributed by atoms with Crippen molar-refractivity contribution in [3.05, 3.63) is 97.0 Å². The number of allylic oxidation sites excluding steroid dienone is 1. The van der Waals surface area contributed by atoms with Crippen molar-refractivity contribution in [2.45, 2.75) is 19.6 Å². The van der Waals surface area contributed by atoms with E-state index in [1.54, 1.807) is 36.4 Å². The minimum Gasteiger partial charge on any atom is -0.288 e. The third kappa shape index (κ3) is 4.79. The summed E-state index contributed by atoms with van der Waals surface area (Å²) >= 11 is 7.30. The molecule has 3 rings (SSSR count). The first kappa shape index (κ1) is 20.5. The molecule has 1 heterocycles. The van der Waals surface area contributed by atoms with Gasteiger partial charge in [-0.2, -0.15) is 0 Å². The lowest BCUT2D eigenvalue weighted by Crippen LogP contribution is -2.16. The standard InChI is InChI=1S/C22H19ClO3S2/c1-15-3-5-17(6-4-15)14-28(25,26)21(13-20-16(2)11-12-27-20)22(24)18-7-9-19(23)10-8-18/h3-13H,14H2,1-2H3. The molecule has 0 bridgehead atoms. The molecular weight excluding hydrogens is 412 g/mol. The molecule has 28 heavy (non-hydrogen) atoms. The first-order valence-electron chi connectivity index (χ1n) is 8.60. The molecule has 0 unspecified atom stereocenters. The van der Waals surface area contributed by atoms with Gasteiger partial charge in [0.1, 0.15) is 4.91 Å². The van der Waals surface area contributed by atoms with Crippen LogP contribution in [0.4, 0.5) is 0 Å². The van der Waals surface area contributed by atoms with Crippen molar-refractivity contribution in [2.75, 3.05) is 0 Å². The molecule has 0 amide bonds. The molecule has 6 heteroatoms. The summed E-state index contributed by atoms with van der Waals surface area (Å²) in [4.78, 5) is 13.6. The lowest BCUT2D eigenvalue weighted by molar-refractivity contribution is 0.104. The Morgan fingerprint density at radius 1 is 1.00 bits per heavy atom. The summed E-state index contributed by atoms with van der Waals surface area (Å²) in [6.07, 6.45) is 1.49. The van der Waals surface area contributed by atoms with Crippen molar-refractivity contribution >= 4 is 44.6 Å². The molecule has 3 aromatic rings. The monoisotopic (exact) mass is 430 g/mol. The van der Waals surface area contributed by atoms with Crippen molar-refractivity contribution in [1.82, 2.24) is 0 Å². The van der Waals surface area contributed by atoms with Crippen LogP contribution in [-0.4, -0.2) is 14.2 Å². The smallest absolute Gasteiger partial charge is 0.204 e. The third-order valence-electron chi connectivity index (χ3n) is 4.31. The van der Waals surface area contributed by atoms with Gasteiger partial charge >= 0.3 is 0 Å². The van der Waals surface area contributed by atoms with Gasteiger partial charge in [-0.25, -0.2) is 8.42 Å². The maximum Gasteiger partial charge on any atom is 0.204 e. The van der Waals surface area contributed by atoms with Gasteiger partial charge in [0.2, 0.25) is 5.78 Å². The fourth-order valence-electron chi connectivity index (χ4n) is 2.67. The van der Waals surface area contributed by atoms with Crippen LogP contribution in [0.5, 0.6) is 0 Å². The van der Waals surface area contributed by atoms with Gasteiger partial charge in [-0.15, -0.1) is 11.3 Å². The molecule has 0 N–H and O–H groups in total. The summed E-state index contributed by atoms with van der Waals surface area (Å²) in [6, 6.07) is 15.4. The normalized spacial score (nSPS) is 12.2. The number of carbonyl (C=O) groups excluding carboxylic acids is 1. The second kappa shape index (κ2) is 8.43. The van der Waals surface area contributed by atoms with E-state index in [4.69, 9.17) is 11.6 Å². The van der Waals surface area contributed by atoms with E-state index in [2.05, 4.69) is 0 Å². The van der Waals surface area contributed by atoms with Gasteiger partial charge < -0.3 is 0 Å². The Balaban J connectivity index is 2.06. The van der Waals surface area contributed by atoms with Crippen LogP contribution in [0, 0.1) is 13.8 Å². The van der Waals surface area contributed by atoms with Crippen molar-refractivity contribution in [2.24, 2.45) is 0 Å². The maximum absolute atomic E-state index is 13.2. The van der Waals surface area contributed by atoms with Crippen molar-refractivity contribution in [1.29, 1.82) is 0 Å². The van der Waals surface area contributed by atoms with Crippen LogP contribution < -0.4 is 0 Å². The second-order valence-corrected chi connectivity index (χ2v) is 9.90. The highest BCUT2D eigenvalue weighted by atomic mass is 35.5. The van der Waals surface area contributed by atoms with Gasteiger partial charge in [0.25, 0.3) is 0 Å². The molecule has 0 fully saturated rings. The summed E-state index contributed by atoms with van der Waals surface area (Å²) in [6.45, 7) is 3.83. The van der Waals surface area contributed by atoms with Crippen LogP contribution in [-0.2, 0) is 15.6 Å². The highest BCUT2D eigenvalue weighted by Gasteiger charge is 2.27. The topological polar surface area (TPSA) is 51.2 Å². The number of aryl methyl sites for hydroxylation is 2. The lowest BCUT2D eigenvalue weighted by atomic mass is 10.1. The van der Waals surface area contributed by atoms with Crippen LogP contribution in [0.25, 0.3) is 6.08 Å². The average Bonchev–Trinajstić information content (AvgIpc) is 3.06. The summed E-state index contributed by atoms with van der Waals surface area (Å²) in [5.74, 6) is -0.764. The Hall–Kier alpha value is -2.21. The van der Waals surface area contributed by atoms with E-state index in [1.807, 2.05) is 37.4 Å². The molecular formula is C22H19ClO3S2. The fourth-order valence-corrected chi connectivity index (χ4v) is 5.22. The summed E-state index contributed by atoms with van der Waals surface area (Å²) < 4.78 is 26.4. The van der Waals surface area contributed by atoms with Gasteiger partial charge in [-0.1, -0.05) is 41.4 Å². The fraction of sp³-hybridized carbons (Fsp3) is 0.136. The maximum atomic E-state index is 13.2. The SMILES string of the molecule is Cc1ccc(CS(=O)(=O)C(=Cc2sccc2C)C(=O)c2ccc(Cl)cc2)cc1. The minimum atomic E-state index is -3.85. The van der Waals surface area contributed by atoms with E-state index in [9.17, 15) is 13.2 Å². The summed E-state index contributed by atoms with van der Waals surface area (Å²) in [5.41, 5.74) is 2.90. The Labute approximate surface area is 174 Å². The number of carbonyl (C=O) groups is 1. The zero-order chi connectivity index (χ0) is 20.3. The van der Waals surface area contributed by atoms with E-state index in [1.165, 1.54) is 17.4 Å². The first-order chi connectivity index (χ1) is 13.3. The Morgan fingerprint density at radius 2 is 1.64 bits per heavy atom. The van der Waals surface area contributed by atoms with Crippen LogP contribution >= 0.6 is 22.9 Å². The molecule has 0 saturated carbocycles. The molecule has 0 atom stereocenters. The molecule has 3 nitrogen and oxygen atoms in total. The van der Waals surface area contributed by atoms with Gasteiger partial charge in [0.05, 0.1) is 5.75 Å². The summed E-state index contributed by atoms with van der Waals surface area (Å²) in [5, 5.41) is 2.36. The molecule has 0 aliphatic carbocycles. The number of thiophene rings is 1. The number of ketones is 1. The number of Topliss-reactive ketones (excluding diaryl/α,β-unsaturated/α-hetero) is 1. The van der Waals surface area contributed by atoms with Crippen molar-refractivity contribution in [3.8, 4) is 0 Å². The zero-order valence-electron chi connectivity index (χ0n) is 15.5. The molecule has 0 aliphatic heterocycles. The quantitative estimate of drug-likeness (QED) is 0.363. The van der Waals surface area contributed by atoms with Crippen molar-refractivity contribution < 1.29 is 13.2 Å². The van der Waals surface area contributed by atoms with Gasteiger partial charge in [0, 0.05) is 15.5 Å². The van der Waals surface area contributed by atoms with Gasteiger partial charge in [-0.3, -0.25) is 4.79 Å². The highest BCUT2D eigenvalue weighted by Crippen LogP contribution is 2.26. The van der Waals surface area contributed by atoms with E-state index >= 15 is 0 Å². The molecule has 1 aromatic heterocycles. The minimum absolute atomic E-state index is 0.207. The average molecular weight is 431 g/mol. The van der Waals surface area contributed by atoms with E-state index in [0.717, 1.165) is 16.0 Å². The second-order valence-electron chi connectivity index (χ2n) is 6.56. The lowest BCUT2D eigenvalue weighted by Gasteiger charge is -2.10. The van der Waals surface area contributed by atoms with Gasteiger partial charge in [-0.05, 0) is 66.8 Å². The van der Waals surface area contributed by atoms with Crippen molar-refractivity contribution in [3.63, 3.8) is 0 Å². The number of benzene rings is 2. The number of hydrogen-bond acceptors (Lipinski definition) is 4. The third-order valence-corrected chi connectivity index (χ3v) is 7.21. The predicted octanol–water partition coefficient (Wildman–Crippen LogP) is 5.86. The number of halogens is 1. The predicted molar refractivity (Wildman–Crippen MR) is 117 cm³/mol. The number of sulfone groups is 1. The Bertz CT molecular complexity index is 1120. The highest BCUT2D eigenvalue weighted by molar-refractivity contribution is 7.95. The number of hydrogen-bond donors (Lipinski definition) is 0. The molecule has 0 aliphatic rings. The molecule has 144 valence electrons. The largest absolute Gasteiger partial charge is 0.288 e. The summed E-state index contributed by atoms with van der Waals surface area (Å²) in [7, 11) is -3.85. The molecule has 0 saturated heterocycles. The zero-order valence-corrected chi connectivity index (χ0v) is 17.9. The van der Waals surface area contributed by atoms with Crippen LogP contribution in [0.2, 0.25) is 5.02 Å². The molecule has 0 radical (unpaired) electrons. The van der Waals surface area contributed by atoms with Gasteiger partial charge in [0.15, 0.2) is 9.84 Å². The molecule has 0 spiro atoms. The van der Waals surface area contributed by atoms with E-state index < -0.39 is 15.6 Å². The van der Waals surface area contributed by atoms with Crippen LogP contribution in [0.3, 0.4) is 0 Å². The Morgan fingerprint density at radius 3 is 2.21 bits per heavy atom. The Kier molecular flexibility index (Phi) is 6.18. The molecule has 2 aromatic carbocycles. The van der Waals surface area contributed by atoms with Crippen LogP contribution in [0.1, 0.15) is 31.9 Å². The first-order valence-corrected chi connectivity index (χ1v) is 11.5. The number of rotatable bonds is 6. The van der Waals surface area contributed by atoms with E-state index in [-0.39, 0.29) is 16.2 Å².